The number of amides is 2. The molecule has 1 saturated heterocycles. The second kappa shape index (κ2) is 8.71. The number of piperidine rings is 1. The number of hydrogen-bond donors (Lipinski definition) is 1. The number of benzene rings is 1. The summed E-state index contributed by atoms with van der Waals surface area (Å²) in [5.74, 6) is -1.19. The quantitative estimate of drug-likeness (QED) is 0.868. The van der Waals surface area contributed by atoms with Gasteiger partial charge in [0.1, 0.15) is 18.1 Å². The molecule has 0 bridgehead atoms. The van der Waals surface area contributed by atoms with Crippen molar-refractivity contribution in [2.45, 2.75) is 51.7 Å². The van der Waals surface area contributed by atoms with Crippen molar-refractivity contribution in [1.82, 2.24) is 4.90 Å². The van der Waals surface area contributed by atoms with Crippen LogP contribution in [0, 0.1) is 17.1 Å². The van der Waals surface area contributed by atoms with Crippen molar-refractivity contribution >= 4 is 17.7 Å². The smallest absolute Gasteiger partial charge is 0.410 e. The molecule has 1 aromatic rings. The number of ether oxygens (including phenoxy) is 2. The Balaban J connectivity index is 1.98. The van der Waals surface area contributed by atoms with Crippen LogP contribution >= 0.6 is 0 Å². The molecule has 8 heteroatoms. The number of anilines is 1. The van der Waals surface area contributed by atoms with Gasteiger partial charge in [-0.3, -0.25) is 4.79 Å². The van der Waals surface area contributed by atoms with E-state index in [1.165, 1.54) is 18.2 Å². The van der Waals surface area contributed by atoms with Crippen LogP contribution in [-0.4, -0.2) is 41.7 Å². The summed E-state index contributed by atoms with van der Waals surface area (Å²) in [7, 11) is 0. The molecule has 1 fully saturated rings. The number of nitrogens with one attached hydrogen (secondary N) is 1. The van der Waals surface area contributed by atoms with E-state index in [1.807, 2.05) is 0 Å². The zero-order valence-corrected chi connectivity index (χ0v) is 15.8. The summed E-state index contributed by atoms with van der Waals surface area (Å²) in [6.07, 6.45) is 0.0197. The lowest BCUT2D eigenvalue weighted by Gasteiger charge is -2.33. The molecule has 7 nitrogen and oxygen atoms in total. The third-order valence-corrected chi connectivity index (χ3v) is 3.86. The molecule has 1 heterocycles. The van der Waals surface area contributed by atoms with Gasteiger partial charge in [0.2, 0.25) is 5.91 Å². The molecule has 0 aliphatic carbocycles. The first-order valence-electron chi connectivity index (χ1n) is 8.79. The molecule has 0 radical (unpaired) electrons. The minimum Gasteiger partial charge on any atom is -0.485 e. The molecule has 1 aromatic carbocycles. The van der Waals surface area contributed by atoms with Gasteiger partial charge in [-0.15, -0.1) is 0 Å². The number of halogens is 1. The molecule has 146 valence electrons. The van der Waals surface area contributed by atoms with Crippen molar-refractivity contribution in [2.75, 3.05) is 18.4 Å². The highest BCUT2D eigenvalue weighted by Crippen LogP contribution is 2.31. The molecule has 1 aliphatic heterocycles. The van der Waals surface area contributed by atoms with Crippen molar-refractivity contribution in [3.8, 4) is 11.8 Å². The van der Waals surface area contributed by atoms with Crippen LogP contribution in [0.1, 0.15) is 40.0 Å². The molecule has 27 heavy (non-hydrogen) atoms. The Morgan fingerprint density at radius 2 is 2.00 bits per heavy atom. The van der Waals surface area contributed by atoms with Gasteiger partial charge < -0.3 is 19.7 Å². The molecule has 2 amide bonds. The molecule has 0 spiro atoms. The maximum absolute atomic E-state index is 14.2. The first kappa shape index (κ1) is 20.5. The highest BCUT2D eigenvalue weighted by atomic mass is 19.1. The first-order chi connectivity index (χ1) is 12.7. The Hall–Kier alpha value is -2.82. The summed E-state index contributed by atoms with van der Waals surface area (Å²) >= 11 is 0. The average Bonchev–Trinajstić information content (AvgIpc) is 2.57. The molecule has 1 N–H and O–H groups in total. The molecule has 0 aromatic heterocycles. The van der Waals surface area contributed by atoms with E-state index in [0.717, 1.165) is 0 Å². The van der Waals surface area contributed by atoms with Gasteiger partial charge in [0.05, 0.1) is 11.8 Å². The van der Waals surface area contributed by atoms with Crippen LogP contribution in [-0.2, 0) is 9.53 Å². The summed E-state index contributed by atoms with van der Waals surface area (Å²) in [6, 6.07) is 5.95. The number of likely N-dealkylation sites (tertiary alicyclic amines) is 1. The minimum absolute atomic E-state index is 0.0560. The van der Waals surface area contributed by atoms with Gasteiger partial charge in [-0.2, -0.15) is 5.26 Å². The first-order valence-corrected chi connectivity index (χ1v) is 8.79. The van der Waals surface area contributed by atoms with Crippen LogP contribution in [0.4, 0.5) is 14.9 Å². The Kier molecular flexibility index (Phi) is 6.61. The van der Waals surface area contributed by atoms with E-state index >= 15 is 0 Å². The van der Waals surface area contributed by atoms with Crippen molar-refractivity contribution < 1.29 is 23.5 Å². The van der Waals surface area contributed by atoms with Crippen molar-refractivity contribution in [1.29, 1.82) is 5.26 Å². The van der Waals surface area contributed by atoms with Crippen LogP contribution in [0.2, 0.25) is 0 Å². The number of nitriles is 1. The fourth-order valence-corrected chi connectivity index (χ4v) is 2.64. The molecular formula is C19H24FN3O4. The maximum atomic E-state index is 14.2. The van der Waals surface area contributed by atoms with Gasteiger partial charge in [-0.1, -0.05) is 6.07 Å². The van der Waals surface area contributed by atoms with Gasteiger partial charge in [-0.05, 0) is 32.9 Å². The number of rotatable bonds is 4. The lowest BCUT2D eigenvalue weighted by Crippen LogP contribution is -2.44. The summed E-state index contributed by atoms with van der Waals surface area (Å²) in [6.45, 7) is 6.29. The van der Waals surface area contributed by atoms with E-state index in [2.05, 4.69) is 5.32 Å². The normalized spacial score (nSPS) is 15.0. The van der Waals surface area contributed by atoms with Crippen molar-refractivity contribution in [3.05, 3.63) is 24.0 Å². The van der Waals surface area contributed by atoms with Crippen LogP contribution in [0.3, 0.4) is 0 Å². The standard InChI is InChI=1S/C19H24FN3O4/c1-19(2,3)27-18(25)23-11-8-13(9-12-23)26-17-14(20)5-4-6-15(17)22-16(24)7-10-21/h4-6,13H,7-9,11-12H2,1-3H3,(H,22,24). The lowest BCUT2D eigenvalue weighted by molar-refractivity contribution is -0.115. The lowest BCUT2D eigenvalue weighted by atomic mass is 10.1. The molecule has 2 rings (SSSR count). The van der Waals surface area contributed by atoms with Gasteiger partial charge in [0, 0.05) is 25.9 Å². The molecular weight excluding hydrogens is 353 g/mol. The third-order valence-electron chi connectivity index (χ3n) is 3.86. The molecule has 1 aliphatic rings. The maximum Gasteiger partial charge on any atom is 0.410 e. The van der Waals surface area contributed by atoms with E-state index in [0.29, 0.717) is 25.9 Å². The zero-order valence-electron chi connectivity index (χ0n) is 15.8. The van der Waals surface area contributed by atoms with Gasteiger partial charge in [-0.25, -0.2) is 9.18 Å². The number of carbonyl (C=O) groups excluding carboxylic acids is 2. The summed E-state index contributed by atoms with van der Waals surface area (Å²) in [5.41, 5.74) is -0.376. The Morgan fingerprint density at radius 3 is 2.59 bits per heavy atom. The highest BCUT2D eigenvalue weighted by Gasteiger charge is 2.28. The number of hydrogen-bond acceptors (Lipinski definition) is 5. The van der Waals surface area contributed by atoms with Crippen molar-refractivity contribution in [3.63, 3.8) is 0 Å². The number of nitrogens with zero attached hydrogens (tertiary/aromatic N) is 2. The van der Waals surface area contributed by atoms with Crippen LogP contribution in [0.5, 0.6) is 5.75 Å². The van der Waals surface area contributed by atoms with Crippen LogP contribution in [0.15, 0.2) is 18.2 Å². The third kappa shape index (κ3) is 6.13. The largest absolute Gasteiger partial charge is 0.485 e. The SMILES string of the molecule is CC(C)(C)OC(=O)N1CCC(Oc2c(F)cccc2NC(=O)CC#N)CC1. The van der Waals surface area contributed by atoms with E-state index in [9.17, 15) is 14.0 Å². The fourth-order valence-electron chi connectivity index (χ4n) is 2.64. The van der Waals surface area contributed by atoms with Crippen LogP contribution in [0.25, 0.3) is 0 Å². The zero-order chi connectivity index (χ0) is 20.0. The second-order valence-electron chi connectivity index (χ2n) is 7.28. The van der Waals surface area contributed by atoms with E-state index in [4.69, 9.17) is 14.7 Å². The predicted octanol–water partition coefficient (Wildman–Crippen LogP) is 3.46. The topological polar surface area (TPSA) is 91.7 Å². The summed E-state index contributed by atoms with van der Waals surface area (Å²) < 4.78 is 25.3. The summed E-state index contributed by atoms with van der Waals surface area (Å²) in [5, 5.41) is 11.1. The molecule has 0 atom stereocenters. The van der Waals surface area contributed by atoms with Gasteiger partial charge in [0.25, 0.3) is 0 Å². The second-order valence-corrected chi connectivity index (χ2v) is 7.28. The van der Waals surface area contributed by atoms with Crippen molar-refractivity contribution in [2.24, 2.45) is 0 Å². The Labute approximate surface area is 158 Å². The average molecular weight is 377 g/mol. The van der Waals surface area contributed by atoms with E-state index < -0.39 is 17.3 Å². The summed E-state index contributed by atoms with van der Waals surface area (Å²) in [4.78, 5) is 25.3. The van der Waals surface area contributed by atoms with Gasteiger partial charge >= 0.3 is 6.09 Å². The van der Waals surface area contributed by atoms with Gasteiger partial charge in [0.15, 0.2) is 11.6 Å². The number of carbonyl (C=O) groups is 2. The fraction of sp³-hybridized carbons (Fsp3) is 0.526. The predicted molar refractivity (Wildman–Crippen MR) is 96.7 cm³/mol. The Morgan fingerprint density at radius 1 is 1.33 bits per heavy atom. The van der Waals surface area contributed by atoms with E-state index in [-0.39, 0.29) is 30.1 Å². The molecule has 0 unspecified atom stereocenters. The Bertz CT molecular complexity index is 731. The van der Waals surface area contributed by atoms with Crippen LogP contribution < -0.4 is 10.1 Å². The number of para-hydroxylation sites is 1. The minimum atomic E-state index is -0.598. The highest BCUT2D eigenvalue weighted by molar-refractivity contribution is 5.93. The monoisotopic (exact) mass is 377 g/mol. The van der Waals surface area contributed by atoms with E-state index in [1.54, 1.807) is 31.7 Å². The molecule has 0 saturated carbocycles.